The number of methoxy groups -OCH3 is 2. The van der Waals surface area contributed by atoms with Gasteiger partial charge in [0.15, 0.2) is 11.5 Å². The van der Waals surface area contributed by atoms with Crippen LogP contribution in [0.5, 0.6) is 11.5 Å². The Kier molecular flexibility index (Phi) is 7.37. The Hall–Kier alpha value is -3.11. The van der Waals surface area contributed by atoms with Crippen LogP contribution in [0.15, 0.2) is 47.4 Å². The van der Waals surface area contributed by atoms with Gasteiger partial charge in [-0.25, -0.2) is 8.42 Å². The fourth-order valence-electron chi connectivity index (χ4n) is 3.59. The van der Waals surface area contributed by atoms with Gasteiger partial charge in [0, 0.05) is 37.5 Å². The van der Waals surface area contributed by atoms with E-state index >= 15 is 0 Å². The molecule has 3 rings (SSSR count). The van der Waals surface area contributed by atoms with Crippen LogP contribution < -0.4 is 20.1 Å². The van der Waals surface area contributed by atoms with Crippen molar-refractivity contribution in [2.75, 3.05) is 37.9 Å². The van der Waals surface area contributed by atoms with Crippen LogP contribution in [-0.2, 0) is 19.6 Å². The first-order valence-electron chi connectivity index (χ1n) is 10.2. The number of benzene rings is 2. The van der Waals surface area contributed by atoms with Crippen LogP contribution in [0.3, 0.4) is 0 Å². The number of ether oxygens (including phenoxy) is 2. The first-order chi connectivity index (χ1) is 15.2. The summed E-state index contributed by atoms with van der Waals surface area (Å²) in [6, 6.07) is 11.2. The number of carbonyl (C=O) groups excluding carboxylic acids is 2. The van der Waals surface area contributed by atoms with E-state index < -0.39 is 15.9 Å². The summed E-state index contributed by atoms with van der Waals surface area (Å²) in [4.78, 5) is 24.0. The largest absolute Gasteiger partial charge is 0.493 e. The van der Waals surface area contributed by atoms with E-state index in [1.807, 2.05) is 0 Å². The summed E-state index contributed by atoms with van der Waals surface area (Å²) < 4.78 is 38.1. The predicted octanol–water partition coefficient (Wildman–Crippen LogP) is 2.70. The smallest absolute Gasteiger partial charge is 0.243 e. The van der Waals surface area contributed by atoms with Gasteiger partial charge in [0.05, 0.1) is 25.0 Å². The fourth-order valence-corrected chi connectivity index (χ4v) is 5.13. The molecule has 1 aliphatic heterocycles. The first kappa shape index (κ1) is 23.6. The maximum absolute atomic E-state index is 13.2. The molecule has 2 aromatic carbocycles. The molecule has 1 saturated heterocycles. The zero-order valence-corrected chi connectivity index (χ0v) is 19.1. The molecule has 172 valence electrons. The van der Waals surface area contributed by atoms with Crippen LogP contribution >= 0.6 is 0 Å². The highest BCUT2D eigenvalue weighted by atomic mass is 32.2. The highest BCUT2D eigenvalue weighted by Crippen LogP contribution is 2.32. The quantitative estimate of drug-likeness (QED) is 0.655. The minimum absolute atomic E-state index is 0.0877. The average Bonchev–Trinajstić information content (AvgIpc) is 2.79. The van der Waals surface area contributed by atoms with Crippen molar-refractivity contribution in [2.24, 2.45) is 5.92 Å². The summed E-state index contributed by atoms with van der Waals surface area (Å²) >= 11 is 0. The third kappa shape index (κ3) is 5.38. The van der Waals surface area contributed by atoms with Crippen molar-refractivity contribution in [1.29, 1.82) is 0 Å². The molecule has 1 fully saturated rings. The molecular weight excluding hydrogens is 434 g/mol. The lowest BCUT2D eigenvalue weighted by molar-refractivity contribution is -0.121. The van der Waals surface area contributed by atoms with Crippen LogP contribution in [0.1, 0.15) is 19.8 Å². The standard InChI is InChI=1S/C22H27N3O6S/c1-15(26)23-17-6-8-18(9-7-17)24-22(27)16-5-4-12-25(14-16)32(28,29)19-10-11-20(30-2)21(13-19)31-3/h6-11,13,16H,4-5,12,14H2,1-3H3,(H,23,26)(H,24,27). The zero-order chi connectivity index (χ0) is 23.3. The van der Waals surface area contributed by atoms with E-state index in [4.69, 9.17) is 9.47 Å². The fraction of sp³-hybridized carbons (Fsp3) is 0.364. The van der Waals surface area contributed by atoms with Crippen LogP contribution in [-0.4, -0.2) is 51.8 Å². The minimum atomic E-state index is -3.80. The lowest BCUT2D eigenvalue weighted by Gasteiger charge is -2.31. The van der Waals surface area contributed by atoms with Gasteiger partial charge in [-0.15, -0.1) is 0 Å². The molecule has 1 atom stereocenters. The second-order valence-corrected chi connectivity index (χ2v) is 9.40. The highest BCUT2D eigenvalue weighted by Gasteiger charge is 2.33. The molecule has 1 unspecified atom stereocenters. The third-order valence-corrected chi connectivity index (χ3v) is 7.08. The molecule has 9 nitrogen and oxygen atoms in total. The third-order valence-electron chi connectivity index (χ3n) is 5.22. The molecule has 1 heterocycles. The summed E-state index contributed by atoms with van der Waals surface area (Å²) in [5.74, 6) is -0.146. The molecule has 0 saturated carbocycles. The van der Waals surface area contributed by atoms with Crippen molar-refractivity contribution in [3.8, 4) is 11.5 Å². The normalized spacial score (nSPS) is 16.8. The van der Waals surface area contributed by atoms with E-state index in [1.54, 1.807) is 30.3 Å². The van der Waals surface area contributed by atoms with Crippen molar-refractivity contribution >= 4 is 33.2 Å². The average molecular weight is 462 g/mol. The Labute approximate surface area is 187 Å². The summed E-state index contributed by atoms with van der Waals surface area (Å²) in [7, 11) is -0.876. The number of amides is 2. The lowest BCUT2D eigenvalue weighted by Crippen LogP contribution is -2.43. The van der Waals surface area contributed by atoms with E-state index in [-0.39, 0.29) is 23.3 Å². The van der Waals surface area contributed by atoms with E-state index in [0.717, 1.165) is 0 Å². The first-order valence-corrected chi connectivity index (χ1v) is 11.6. The SMILES string of the molecule is COc1ccc(S(=O)(=O)N2CCCC(C(=O)Nc3ccc(NC(C)=O)cc3)C2)cc1OC. The molecular formula is C22H27N3O6S. The number of hydrogen-bond donors (Lipinski definition) is 2. The molecule has 2 aromatic rings. The topological polar surface area (TPSA) is 114 Å². The maximum atomic E-state index is 13.2. The Bertz CT molecular complexity index is 1090. The van der Waals surface area contributed by atoms with E-state index in [1.165, 1.54) is 37.6 Å². The monoisotopic (exact) mass is 461 g/mol. The van der Waals surface area contributed by atoms with E-state index in [9.17, 15) is 18.0 Å². The Morgan fingerprint density at radius 3 is 2.19 bits per heavy atom. The molecule has 32 heavy (non-hydrogen) atoms. The molecule has 0 aliphatic carbocycles. The molecule has 0 spiro atoms. The molecule has 2 amide bonds. The van der Waals surface area contributed by atoms with Gasteiger partial charge in [0.1, 0.15) is 0 Å². The van der Waals surface area contributed by atoms with Crippen molar-refractivity contribution < 1.29 is 27.5 Å². The maximum Gasteiger partial charge on any atom is 0.243 e. The minimum Gasteiger partial charge on any atom is -0.493 e. The van der Waals surface area contributed by atoms with Crippen molar-refractivity contribution in [3.05, 3.63) is 42.5 Å². The summed E-state index contributed by atoms with van der Waals surface area (Å²) in [5, 5.41) is 5.49. The van der Waals surface area contributed by atoms with Gasteiger partial charge in [-0.05, 0) is 49.2 Å². The van der Waals surface area contributed by atoms with Gasteiger partial charge in [0.25, 0.3) is 0 Å². The second kappa shape index (κ2) is 10.0. The van der Waals surface area contributed by atoms with E-state index in [2.05, 4.69) is 10.6 Å². The molecule has 2 N–H and O–H groups in total. The number of nitrogens with one attached hydrogen (secondary N) is 2. The Morgan fingerprint density at radius 1 is 0.969 bits per heavy atom. The summed E-state index contributed by atoms with van der Waals surface area (Å²) in [6.45, 7) is 1.85. The van der Waals surface area contributed by atoms with E-state index in [0.29, 0.717) is 42.3 Å². The van der Waals surface area contributed by atoms with Crippen molar-refractivity contribution in [3.63, 3.8) is 0 Å². The lowest BCUT2D eigenvalue weighted by atomic mass is 9.98. The van der Waals surface area contributed by atoms with Gasteiger partial charge < -0.3 is 20.1 Å². The van der Waals surface area contributed by atoms with Gasteiger partial charge in [0.2, 0.25) is 21.8 Å². The van der Waals surface area contributed by atoms with Crippen molar-refractivity contribution in [2.45, 2.75) is 24.7 Å². The van der Waals surface area contributed by atoms with Gasteiger partial charge in [-0.1, -0.05) is 0 Å². The highest BCUT2D eigenvalue weighted by molar-refractivity contribution is 7.89. The number of nitrogens with zero attached hydrogens (tertiary/aromatic N) is 1. The number of rotatable bonds is 7. The zero-order valence-electron chi connectivity index (χ0n) is 18.3. The number of piperidine rings is 1. The number of sulfonamides is 1. The summed E-state index contributed by atoms with van der Waals surface area (Å²) in [5.41, 5.74) is 1.20. The van der Waals surface area contributed by atoms with Crippen LogP contribution in [0.2, 0.25) is 0 Å². The van der Waals surface area contributed by atoms with Crippen LogP contribution in [0.25, 0.3) is 0 Å². The second-order valence-electron chi connectivity index (χ2n) is 7.47. The van der Waals surface area contributed by atoms with Crippen LogP contribution in [0, 0.1) is 5.92 Å². The Morgan fingerprint density at radius 2 is 1.59 bits per heavy atom. The molecule has 0 bridgehead atoms. The molecule has 10 heteroatoms. The van der Waals surface area contributed by atoms with Gasteiger partial charge in [-0.3, -0.25) is 9.59 Å². The molecule has 0 aromatic heterocycles. The number of hydrogen-bond acceptors (Lipinski definition) is 6. The van der Waals surface area contributed by atoms with Crippen LogP contribution in [0.4, 0.5) is 11.4 Å². The van der Waals surface area contributed by atoms with Gasteiger partial charge in [-0.2, -0.15) is 4.31 Å². The molecule has 0 radical (unpaired) electrons. The predicted molar refractivity (Wildman–Crippen MR) is 120 cm³/mol. The number of carbonyl (C=O) groups is 2. The summed E-state index contributed by atoms with van der Waals surface area (Å²) in [6.07, 6.45) is 1.17. The number of anilines is 2. The molecule has 1 aliphatic rings. The van der Waals surface area contributed by atoms with Gasteiger partial charge >= 0.3 is 0 Å². The Balaban J connectivity index is 1.70. The van der Waals surface area contributed by atoms with Crippen molar-refractivity contribution in [1.82, 2.24) is 4.31 Å².